The second kappa shape index (κ2) is 9.35. The van der Waals surface area contributed by atoms with Crippen LogP contribution in [0.4, 0.5) is 5.69 Å². The number of ether oxygens (including phenoxy) is 2. The third-order valence-electron chi connectivity index (χ3n) is 2.40. The van der Waals surface area contributed by atoms with Gasteiger partial charge in [0.1, 0.15) is 12.4 Å². The van der Waals surface area contributed by atoms with Crippen LogP contribution in [0.3, 0.4) is 0 Å². The van der Waals surface area contributed by atoms with E-state index in [1.807, 2.05) is 25.1 Å². The molecule has 5 heteroatoms. The number of nitrogens with two attached hydrogens (primary N) is 1. The van der Waals surface area contributed by atoms with Crippen molar-refractivity contribution < 1.29 is 14.3 Å². The summed E-state index contributed by atoms with van der Waals surface area (Å²) in [7, 11) is 0. The molecule has 0 unspecified atom stereocenters. The fraction of sp³-hybridized carbons (Fsp3) is 0.500. The molecule has 106 valence electrons. The molecule has 0 radical (unpaired) electrons. The van der Waals surface area contributed by atoms with Crippen LogP contribution in [0.25, 0.3) is 0 Å². The summed E-state index contributed by atoms with van der Waals surface area (Å²) in [6.45, 7) is 4.17. The van der Waals surface area contributed by atoms with E-state index in [1.165, 1.54) is 0 Å². The van der Waals surface area contributed by atoms with E-state index >= 15 is 0 Å². The van der Waals surface area contributed by atoms with Crippen molar-refractivity contribution in [2.24, 2.45) is 5.73 Å². The minimum absolute atomic E-state index is 0.0179. The van der Waals surface area contributed by atoms with E-state index in [-0.39, 0.29) is 5.91 Å². The second-order valence-corrected chi connectivity index (χ2v) is 4.01. The minimum atomic E-state index is -0.0179. The molecule has 0 aromatic heterocycles. The zero-order valence-electron chi connectivity index (χ0n) is 11.4. The zero-order chi connectivity index (χ0) is 13.9. The normalized spacial score (nSPS) is 10.2. The molecule has 0 fully saturated rings. The molecule has 1 rings (SSSR count). The number of anilines is 1. The van der Waals surface area contributed by atoms with Crippen molar-refractivity contribution in [2.45, 2.75) is 19.8 Å². The van der Waals surface area contributed by atoms with Crippen LogP contribution in [0.1, 0.15) is 19.8 Å². The first-order valence-electron chi connectivity index (χ1n) is 6.56. The summed E-state index contributed by atoms with van der Waals surface area (Å²) in [6, 6.07) is 7.29. The molecule has 0 aliphatic carbocycles. The van der Waals surface area contributed by atoms with E-state index < -0.39 is 0 Å². The number of carbonyl (C=O) groups is 1. The lowest BCUT2D eigenvalue weighted by atomic mass is 10.2. The van der Waals surface area contributed by atoms with Crippen LogP contribution in [0.15, 0.2) is 24.3 Å². The molecular weight excluding hydrogens is 244 g/mol. The molecule has 0 saturated heterocycles. The van der Waals surface area contributed by atoms with Crippen LogP contribution in [0.2, 0.25) is 0 Å². The van der Waals surface area contributed by atoms with Crippen molar-refractivity contribution in [1.82, 2.24) is 0 Å². The van der Waals surface area contributed by atoms with Crippen LogP contribution in [-0.4, -0.2) is 32.3 Å². The Morgan fingerprint density at radius 1 is 1.37 bits per heavy atom. The van der Waals surface area contributed by atoms with Gasteiger partial charge >= 0.3 is 0 Å². The quantitative estimate of drug-likeness (QED) is 0.668. The fourth-order valence-corrected chi connectivity index (χ4v) is 1.54. The Balaban J connectivity index is 2.36. The highest BCUT2D eigenvalue weighted by Crippen LogP contribution is 2.17. The highest BCUT2D eigenvalue weighted by molar-refractivity contribution is 5.90. The van der Waals surface area contributed by atoms with Gasteiger partial charge in [0.15, 0.2) is 0 Å². The monoisotopic (exact) mass is 266 g/mol. The number of carbonyl (C=O) groups excluding carboxylic acids is 1. The van der Waals surface area contributed by atoms with E-state index in [9.17, 15) is 4.79 Å². The van der Waals surface area contributed by atoms with Crippen LogP contribution < -0.4 is 15.8 Å². The van der Waals surface area contributed by atoms with E-state index in [0.29, 0.717) is 38.5 Å². The molecule has 19 heavy (non-hydrogen) atoms. The van der Waals surface area contributed by atoms with Crippen molar-refractivity contribution in [3.8, 4) is 5.75 Å². The minimum Gasteiger partial charge on any atom is -0.492 e. The maximum atomic E-state index is 11.7. The Morgan fingerprint density at radius 3 is 2.95 bits per heavy atom. The number of hydrogen-bond donors (Lipinski definition) is 2. The first-order chi connectivity index (χ1) is 9.26. The van der Waals surface area contributed by atoms with Gasteiger partial charge in [0, 0.05) is 37.9 Å². The summed E-state index contributed by atoms with van der Waals surface area (Å²) in [5, 5.41) is 2.83. The number of rotatable bonds is 9. The van der Waals surface area contributed by atoms with E-state index in [1.54, 1.807) is 6.07 Å². The summed E-state index contributed by atoms with van der Waals surface area (Å²) >= 11 is 0. The second-order valence-electron chi connectivity index (χ2n) is 4.01. The fourth-order valence-electron chi connectivity index (χ4n) is 1.54. The Kier molecular flexibility index (Phi) is 7.62. The van der Waals surface area contributed by atoms with Gasteiger partial charge < -0.3 is 20.5 Å². The van der Waals surface area contributed by atoms with Crippen molar-refractivity contribution in [1.29, 1.82) is 0 Å². The number of nitrogens with one attached hydrogen (secondary N) is 1. The van der Waals surface area contributed by atoms with Crippen molar-refractivity contribution in [3.63, 3.8) is 0 Å². The molecule has 0 bridgehead atoms. The Labute approximate surface area is 114 Å². The molecule has 0 spiro atoms. The largest absolute Gasteiger partial charge is 0.492 e. The Morgan fingerprint density at radius 2 is 2.21 bits per heavy atom. The Hall–Kier alpha value is -1.59. The standard InChI is InChI=1S/C14H22N2O3/c1-2-18-9-4-7-14(17)16-12-5-3-6-13(11-12)19-10-8-15/h3,5-6,11H,2,4,7-10,15H2,1H3,(H,16,17). The summed E-state index contributed by atoms with van der Waals surface area (Å²) in [4.78, 5) is 11.7. The van der Waals surface area contributed by atoms with Gasteiger partial charge in [-0.3, -0.25) is 4.79 Å². The lowest BCUT2D eigenvalue weighted by Gasteiger charge is -2.08. The molecule has 3 N–H and O–H groups in total. The average molecular weight is 266 g/mol. The smallest absolute Gasteiger partial charge is 0.224 e. The highest BCUT2D eigenvalue weighted by Gasteiger charge is 2.03. The van der Waals surface area contributed by atoms with E-state index in [4.69, 9.17) is 15.2 Å². The molecule has 0 aliphatic rings. The molecule has 0 saturated carbocycles. The molecule has 1 aromatic rings. The first kappa shape index (κ1) is 15.5. The van der Waals surface area contributed by atoms with Crippen molar-refractivity contribution in [3.05, 3.63) is 24.3 Å². The number of hydrogen-bond acceptors (Lipinski definition) is 4. The van der Waals surface area contributed by atoms with Crippen LogP contribution in [0.5, 0.6) is 5.75 Å². The van der Waals surface area contributed by atoms with Gasteiger partial charge in [-0.25, -0.2) is 0 Å². The van der Waals surface area contributed by atoms with Gasteiger partial charge in [0.05, 0.1) is 0 Å². The predicted octanol–water partition coefficient (Wildman–Crippen LogP) is 1.78. The maximum Gasteiger partial charge on any atom is 0.224 e. The predicted molar refractivity (Wildman–Crippen MR) is 75.3 cm³/mol. The molecule has 1 aromatic carbocycles. The number of benzene rings is 1. The summed E-state index contributed by atoms with van der Waals surface area (Å²) in [5.41, 5.74) is 6.10. The molecule has 0 aliphatic heterocycles. The topological polar surface area (TPSA) is 73.6 Å². The highest BCUT2D eigenvalue weighted by atomic mass is 16.5. The van der Waals surface area contributed by atoms with Gasteiger partial charge in [0.2, 0.25) is 5.91 Å². The SMILES string of the molecule is CCOCCCC(=O)Nc1cccc(OCCN)c1. The molecule has 0 atom stereocenters. The summed E-state index contributed by atoms with van der Waals surface area (Å²) in [6.07, 6.45) is 1.18. The third kappa shape index (κ3) is 6.79. The lowest BCUT2D eigenvalue weighted by molar-refractivity contribution is -0.116. The molecule has 1 amide bonds. The van der Waals surface area contributed by atoms with Crippen LogP contribution >= 0.6 is 0 Å². The van der Waals surface area contributed by atoms with E-state index in [0.717, 1.165) is 12.1 Å². The van der Waals surface area contributed by atoms with Crippen molar-refractivity contribution >= 4 is 11.6 Å². The molecule has 5 nitrogen and oxygen atoms in total. The van der Waals surface area contributed by atoms with Crippen LogP contribution in [-0.2, 0) is 9.53 Å². The first-order valence-corrected chi connectivity index (χ1v) is 6.56. The van der Waals surface area contributed by atoms with E-state index in [2.05, 4.69) is 5.32 Å². The number of amides is 1. The summed E-state index contributed by atoms with van der Waals surface area (Å²) < 4.78 is 10.6. The Bertz CT molecular complexity index is 383. The van der Waals surface area contributed by atoms with Crippen molar-refractivity contribution in [2.75, 3.05) is 31.7 Å². The van der Waals surface area contributed by atoms with Gasteiger partial charge in [-0.1, -0.05) is 6.07 Å². The molecular formula is C14H22N2O3. The van der Waals surface area contributed by atoms with Crippen LogP contribution in [0, 0.1) is 0 Å². The van der Waals surface area contributed by atoms with Gasteiger partial charge in [-0.05, 0) is 25.5 Å². The third-order valence-corrected chi connectivity index (χ3v) is 2.40. The van der Waals surface area contributed by atoms with Gasteiger partial charge in [-0.2, -0.15) is 0 Å². The average Bonchev–Trinajstić information content (AvgIpc) is 2.42. The van der Waals surface area contributed by atoms with Gasteiger partial charge in [-0.15, -0.1) is 0 Å². The van der Waals surface area contributed by atoms with Gasteiger partial charge in [0.25, 0.3) is 0 Å². The molecule has 0 heterocycles. The summed E-state index contributed by atoms with van der Waals surface area (Å²) in [5.74, 6) is 0.688. The maximum absolute atomic E-state index is 11.7. The zero-order valence-corrected chi connectivity index (χ0v) is 11.4. The lowest BCUT2D eigenvalue weighted by Crippen LogP contribution is -2.13.